The zero-order valence-electron chi connectivity index (χ0n) is 14.4. The van der Waals surface area contributed by atoms with Gasteiger partial charge in [-0.2, -0.15) is 0 Å². The highest BCUT2D eigenvalue weighted by atomic mass is 16.4. The summed E-state index contributed by atoms with van der Waals surface area (Å²) in [5.74, 6) is -2.64. The first-order chi connectivity index (χ1) is 10.9. The van der Waals surface area contributed by atoms with E-state index in [1.807, 2.05) is 0 Å². The normalized spacial score (nSPS) is 13.9. The van der Waals surface area contributed by atoms with Crippen molar-refractivity contribution in [2.24, 2.45) is 28.9 Å². The first-order valence-corrected chi connectivity index (χ1v) is 7.54. The minimum absolute atomic E-state index is 0.0386. The van der Waals surface area contributed by atoms with Crippen molar-refractivity contribution in [1.82, 2.24) is 5.32 Å². The Morgan fingerprint density at radius 2 is 1.62 bits per heavy atom. The lowest BCUT2D eigenvalue weighted by Crippen LogP contribution is -2.62. The topological polar surface area (TPSA) is 205 Å². The third-order valence-electron chi connectivity index (χ3n) is 3.25. The van der Waals surface area contributed by atoms with Gasteiger partial charge in [0, 0.05) is 6.42 Å². The summed E-state index contributed by atoms with van der Waals surface area (Å²) >= 11 is 0. The summed E-state index contributed by atoms with van der Waals surface area (Å²) in [5.41, 5.74) is 17.5. The first kappa shape index (κ1) is 24.1. The van der Waals surface area contributed by atoms with Gasteiger partial charge in [0.05, 0.1) is 6.04 Å². The minimum Gasteiger partial charge on any atom is -0.480 e. The first-order valence-electron chi connectivity index (χ1n) is 7.54. The number of Topliss-reactive ketones (excluding diaryl/α,β-unsaturated/α-hetero) is 1. The van der Waals surface area contributed by atoms with E-state index in [-0.39, 0.29) is 24.7 Å². The average Bonchev–Trinajstić information content (AvgIpc) is 2.47. The van der Waals surface area contributed by atoms with Crippen molar-refractivity contribution < 1.29 is 24.3 Å². The van der Waals surface area contributed by atoms with Crippen LogP contribution in [0.4, 0.5) is 4.79 Å². The molecule has 3 amide bonds. The van der Waals surface area contributed by atoms with Crippen LogP contribution in [0.25, 0.3) is 0 Å². The molecule has 0 aliphatic carbocycles. The van der Waals surface area contributed by atoms with E-state index in [0.717, 1.165) is 0 Å². The van der Waals surface area contributed by atoms with Gasteiger partial charge in [0.2, 0.25) is 5.91 Å². The van der Waals surface area contributed by atoms with Crippen LogP contribution in [0.15, 0.2) is 0 Å². The van der Waals surface area contributed by atoms with Gasteiger partial charge in [-0.1, -0.05) is 20.8 Å². The summed E-state index contributed by atoms with van der Waals surface area (Å²) in [6, 6.07) is -1.75. The number of carboxylic acid groups (broad SMARTS) is 1. The van der Waals surface area contributed by atoms with Crippen molar-refractivity contribution in [2.45, 2.75) is 51.6 Å². The molecule has 10 nitrogen and oxygen atoms in total. The molecular weight excluding hydrogens is 318 g/mol. The predicted molar refractivity (Wildman–Crippen MR) is 88.7 cm³/mol. The van der Waals surface area contributed by atoms with Crippen molar-refractivity contribution in [3.63, 3.8) is 0 Å². The van der Waals surface area contributed by atoms with Gasteiger partial charge < -0.3 is 33.4 Å². The smallest absolute Gasteiger partial charge is 0.331 e. The Morgan fingerprint density at radius 3 is 1.92 bits per heavy atom. The molecule has 2 atom stereocenters. The molecule has 0 saturated heterocycles. The molecule has 0 rings (SSSR count). The average molecular weight is 347 g/mol. The fourth-order valence-corrected chi connectivity index (χ4v) is 1.75. The highest BCUT2D eigenvalue weighted by Gasteiger charge is 2.45. The molecule has 10 N–H and O–H groups in total. The van der Waals surface area contributed by atoms with Gasteiger partial charge in [0.15, 0.2) is 11.3 Å². The number of primary amides is 2. The van der Waals surface area contributed by atoms with Gasteiger partial charge in [0.25, 0.3) is 0 Å². The van der Waals surface area contributed by atoms with Crippen LogP contribution < -0.4 is 28.3 Å². The van der Waals surface area contributed by atoms with E-state index in [9.17, 15) is 14.4 Å². The van der Waals surface area contributed by atoms with Crippen LogP contribution in [0.2, 0.25) is 0 Å². The number of nitrogens with one attached hydrogen (secondary N) is 1. The van der Waals surface area contributed by atoms with Crippen molar-refractivity contribution in [1.29, 1.82) is 0 Å². The molecule has 0 aliphatic rings. The van der Waals surface area contributed by atoms with Crippen LogP contribution in [0, 0.1) is 5.92 Å². The molecular formula is C14H29N5O5. The zero-order valence-corrected chi connectivity index (χ0v) is 14.4. The molecule has 0 aromatic carbocycles. The van der Waals surface area contributed by atoms with Crippen LogP contribution >= 0.6 is 0 Å². The van der Waals surface area contributed by atoms with E-state index in [0.29, 0.717) is 13.0 Å². The van der Waals surface area contributed by atoms with Gasteiger partial charge >= 0.3 is 12.0 Å². The summed E-state index contributed by atoms with van der Waals surface area (Å²) in [7, 11) is 0. The maximum Gasteiger partial charge on any atom is 0.331 e. The fraction of sp³-hybridized carbons (Fsp3) is 0.714. The summed E-state index contributed by atoms with van der Waals surface area (Å²) in [6.07, 6.45) is 0.665. The number of ketones is 1. The van der Waals surface area contributed by atoms with Gasteiger partial charge in [-0.05, 0) is 25.3 Å². The quantitative estimate of drug-likeness (QED) is 0.276. The van der Waals surface area contributed by atoms with Crippen LogP contribution in [-0.4, -0.2) is 46.9 Å². The Kier molecular flexibility index (Phi) is 11.4. The van der Waals surface area contributed by atoms with E-state index >= 15 is 0 Å². The Labute approximate surface area is 141 Å². The number of rotatable bonds is 9. The van der Waals surface area contributed by atoms with Crippen molar-refractivity contribution in [3.8, 4) is 0 Å². The molecule has 10 heteroatoms. The zero-order chi connectivity index (χ0) is 19.5. The molecule has 0 saturated carbocycles. The molecule has 0 bridgehead atoms. The van der Waals surface area contributed by atoms with Gasteiger partial charge in [-0.15, -0.1) is 0 Å². The molecule has 0 spiro atoms. The second-order valence-electron chi connectivity index (χ2n) is 5.58. The van der Waals surface area contributed by atoms with Gasteiger partial charge in [-0.3, -0.25) is 9.59 Å². The number of carbonyl (C=O) groups is 4. The van der Waals surface area contributed by atoms with Gasteiger partial charge in [-0.25, -0.2) is 9.59 Å². The van der Waals surface area contributed by atoms with Crippen molar-refractivity contribution in [2.75, 3.05) is 6.54 Å². The second kappa shape index (κ2) is 11.4. The van der Waals surface area contributed by atoms with Crippen molar-refractivity contribution >= 4 is 23.7 Å². The fourth-order valence-electron chi connectivity index (χ4n) is 1.75. The molecule has 24 heavy (non-hydrogen) atoms. The maximum atomic E-state index is 12.3. The molecule has 0 aliphatic heterocycles. The number of urea groups is 1. The Balaban J connectivity index is 0. The molecule has 0 heterocycles. The second-order valence-corrected chi connectivity index (χ2v) is 5.58. The molecule has 2 unspecified atom stereocenters. The third kappa shape index (κ3) is 8.44. The molecule has 0 aromatic rings. The summed E-state index contributed by atoms with van der Waals surface area (Å²) in [5, 5.41) is 11.7. The largest absolute Gasteiger partial charge is 0.480 e. The maximum absolute atomic E-state index is 12.3. The summed E-state index contributed by atoms with van der Waals surface area (Å²) in [4.78, 5) is 44.2. The molecule has 0 radical (unpaired) electrons. The lowest BCUT2D eigenvalue weighted by Gasteiger charge is -2.29. The predicted octanol–water partition coefficient (Wildman–Crippen LogP) is -1.35. The SMILES string of the molecule is CCC(N)(C(=O)O)C(=O)C(NC(=O)CCCN)C(C)C.NC(N)=O. The van der Waals surface area contributed by atoms with Crippen LogP contribution in [-0.2, 0) is 14.4 Å². The summed E-state index contributed by atoms with van der Waals surface area (Å²) in [6.45, 7) is 5.35. The standard InChI is InChI=1S/C13H25N3O4.CH4N2O/c1-4-13(15,12(19)20)11(18)10(8(2)3)16-9(17)6-5-7-14;2-1(3)4/h8,10H,4-7,14-15H2,1-3H3,(H,16,17)(H,19,20);(H4,2,3,4). The Bertz CT molecular complexity index is 451. The molecule has 0 aromatic heterocycles. The van der Waals surface area contributed by atoms with E-state index in [4.69, 9.17) is 21.4 Å². The molecule has 140 valence electrons. The number of hydrogen-bond acceptors (Lipinski definition) is 6. The molecule has 0 fully saturated rings. The number of nitrogens with two attached hydrogens (primary N) is 4. The van der Waals surface area contributed by atoms with E-state index in [2.05, 4.69) is 16.8 Å². The lowest BCUT2D eigenvalue weighted by molar-refractivity contribution is -0.150. The van der Waals surface area contributed by atoms with E-state index in [1.165, 1.54) is 6.92 Å². The number of aliphatic carboxylic acids is 1. The highest BCUT2D eigenvalue weighted by Crippen LogP contribution is 2.16. The van der Waals surface area contributed by atoms with Crippen LogP contribution in [0.5, 0.6) is 0 Å². The van der Waals surface area contributed by atoms with Crippen LogP contribution in [0.1, 0.15) is 40.0 Å². The number of carbonyl (C=O) groups excluding carboxylic acids is 3. The minimum atomic E-state index is -1.98. The summed E-state index contributed by atoms with van der Waals surface area (Å²) < 4.78 is 0. The highest BCUT2D eigenvalue weighted by molar-refractivity contribution is 6.10. The Hall–Kier alpha value is -2.20. The monoisotopic (exact) mass is 347 g/mol. The Morgan fingerprint density at radius 1 is 1.17 bits per heavy atom. The van der Waals surface area contributed by atoms with E-state index in [1.54, 1.807) is 13.8 Å². The van der Waals surface area contributed by atoms with Crippen LogP contribution in [0.3, 0.4) is 0 Å². The lowest BCUT2D eigenvalue weighted by atomic mass is 9.83. The number of hydrogen-bond donors (Lipinski definition) is 6. The van der Waals surface area contributed by atoms with Gasteiger partial charge in [0.1, 0.15) is 0 Å². The number of carboxylic acids is 1. The van der Waals surface area contributed by atoms with E-state index < -0.39 is 29.4 Å². The number of amides is 3. The third-order valence-corrected chi connectivity index (χ3v) is 3.25. The van der Waals surface area contributed by atoms with Crippen molar-refractivity contribution in [3.05, 3.63) is 0 Å².